The van der Waals surface area contributed by atoms with Gasteiger partial charge in [-0.3, -0.25) is 4.79 Å². The number of amides is 1. The van der Waals surface area contributed by atoms with E-state index >= 15 is 0 Å². The Morgan fingerprint density at radius 2 is 1.61 bits per heavy atom. The maximum Gasteiger partial charge on any atom is 0.255 e. The standard InChI is InChI=1S/C23H26N4O/c1-17-15-16-24-27(17)22-13-7-18(8-14-22)23(28)26-21-11-9-20(10-12-21)25-19-5-3-2-4-6-19/h7-16,19,25H,2-6H2,1H3,(H,26,28). The van der Waals surface area contributed by atoms with Gasteiger partial charge >= 0.3 is 0 Å². The number of carbonyl (C=O) groups is 1. The Morgan fingerprint density at radius 3 is 2.25 bits per heavy atom. The van der Waals surface area contributed by atoms with Crippen LogP contribution in [0.1, 0.15) is 48.2 Å². The molecule has 0 spiro atoms. The van der Waals surface area contributed by atoms with Crippen LogP contribution in [0.3, 0.4) is 0 Å². The van der Waals surface area contributed by atoms with Crippen molar-refractivity contribution in [1.82, 2.24) is 9.78 Å². The van der Waals surface area contributed by atoms with Crippen molar-refractivity contribution in [3.05, 3.63) is 72.1 Å². The van der Waals surface area contributed by atoms with Crippen LogP contribution in [0, 0.1) is 6.92 Å². The van der Waals surface area contributed by atoms with E-state index in [1.54, 1.807) is 6.20 Å². The largest absolute Gasteiger partial charge is 0.382 e. The highest BCUT2D eigenvalue weighted by molar-refractivity contribution is 6.04. The van der Waals surface area contributed by atoms with Crippen LogP contribution in [0.15, 0.2) is 60.8 Å². The molecule has 1 heterocycles. The van der Waals surface area contributed by atoms with E-state index < -0.39 is 0 Å². The molecule has 0 aliphatic heterocycles. The van der Waals surface area contributed by atoms with Crippen LogP contribution in [0.25, 0.3) is 5.69 Å². The number of nitrogens with zero attached hydrogens (tertiary/aromatic N) is 2. The Morgan fingerprint density at radius 1 is 0.929 bits per heavy atom. The minimum atomic E-state index is -0.114. The summed E-state index contributed by atoms with van der Waals surface area (Å²) in [6.07, 6.45) is 8.22. The fourth-order valence-corrected chi connectivity index (χ4v) is 3.73. The van der Waals surface area contributed by atoms with Crippen molar-refractivity contribution in [1.29, 1.82) is 0 Å². The lowest BCUT2D eigenvalue weighted by atomic mass is 9.95. The van der Waals surface area contributed by atoms with Crippen molar-refractivity contribution in [3.63, 3.8) is 0 Å². The molecule has 144 valence electrons. The molecule has 0 atom stereocenters. The molecular weight excluding hydrogens is 348 g/mol. The van der Waals surface area contributed by atoms with Crippen LogP contribution in [0.4, 0.5) is 11.4 Å². The summed E-state index contributed by atoms with van der Waals surface area (Å²) in [5.74, 6) is -0.114. The minimum absolute atomic E-state index is 0.114. The second-order valence-corrected chi connectivity index (χ2v) is 7.44. The van der Waals surface area contributed by atoms with E-state index in [1.807, 2.05) is 66.2 Å². The molecule has 1 fully saturated rings. The lowest BCUT2D eigenvalue weighted by Crippen LogP contribution is -2.22. The quantitative estimate of drug-likeness (QED) is 0.647. The van der Waals surface area contributed by atoms with Gasteiger partial charge in [0.25, 0.3) is 5.91 Å². The molecule has 0 unspecified atom stereocenters. The smallest absolute Gasteiger partial charge is 0.255 e. The second-order valence-electron chi connectivity index (χ2n) is 7.44. The molecule has 5 nitrogen and oxygen atoms in total. The summed E-state index contributed by atoms with van der Waals surface area (Å²) in [6, 6.07) is 18.0. The molecule has 1 aliphatic rings. The molecular formula is C23H26N4O. The van der Waals surface area contributed by atoms with E-state index in [-0.39, 0.29) is 5.91 Å². The van der Waals surface area contributed by atoms with Crippen LogP contribution < -0.4 is 10.6 Å². The molecule has 1 aliphatic carbocycles. The fraction of sp³-hybridized carbons (Fsp3) is 0.304. The Balaban J connectivity index is 1.37. The first-order valence-electron chi connectivity index (χ1n) is 9.98. The van der Waals surface area contributed by atoms with Gasteiger partial charge in [-0.05, 0) is 74.4 Å². The van der Waals surface area contributed by atoms with E-state index in [0.717, 1.165) is 22.8 Å². The van der Waals surface area contributed by atoms with Crippen LogP contribution in [-0.4, -0.2) is 21.7 Å². The maximum atomic E-state index is 12.5. The van der Waals surface area contributed by atoms with Gasteiger partial charge in [0.15, 0.2) is 0 Å². The number of anilines is 2. The predicted molar refractivity (Wildman–Crippen MR) is 113 cm³/mol. The van der Waals surface area contributed by atoms with Crippen molar-refractivity contribution in [2.45, 2.75) is 45.1 Å². The van der Waals surface area contributed by atoms with Gasteiger partial charge in [-0.25, -0.2) is 4.68 Å². The molecule has 2 N–H and O–H groups in total. The molecule has 1 amide bonds. The van der Waals surface area contributed by atoms with Gasteiger partial charge in [0, 0.05) is 34.9 Å². The van der Waals surface area contributed by atoms with Crippen LogP contribution >= 0.6 is 0 Å². The molecule has 4 rings (SSSR count). The SMILES string of the molecule is Cc1ccnn1-c1ccc(C(=O)Nc2ccc(NC3CCCCC3)cc2)cc1. The van der Waals surface area contributed by atoms with Crippen LogP contribution in [-0.2, 0) is 0 Å². The lowest BCUT2D eigenvalue weighted by Gasteiger charge is -2.23. The van der Waals surface area contributed by atoms with E-state index in [4.69, 9.17) is 0 Å². The third-order valence-corrected chi connectivity index (χ3v) is 5.32. The monoisotopic (exact) mass is 374 g/mol. The number of hydrogen-bond donors (Lipinski definition) is 2. The summed E-state index contributed by atoms with van der Waals surface area (Å²) in [7, 11) is 0. The summed E-state index contributed by atoms with van der Waals surface area (Å²) < 4.78 is 1.85. The highest BCUT2D eigenvalue weighted by Crippen LogP contribution is 2.23. The highest BCUT2D eigenvalue weighted by Gasteiger charge is 2.13. The number of benzene rings is 2. The summed E-state index contributed by atoms with van der Waals surface area (Å²) in [5.41, 5.74) is 4.53. The molecule has 1 aromatic heterocycles. The van der Waals surface area contributed by atoms with E-state index in [0.29, 0.717) is 11.6 Å². The summed E-state index contributed by atoms with van der Waals surface area (Å²) in [4.78, 5) is 12.5. The first-order valence-corrected chi connectivity index (χ1v) is 9.98. The van der Waals surface area contributed by atoms with E-state index in [2.05, 4.69) is 15.7 Å². The predicted octanol–water partition coefficient (Wildman–Crippen LogP) is 5.18. The molecule has 5 heteroatoms. The first kappa shape index (κ1) is 18.3. The zero-order valence-corrected chi connectivity index (χ0v) is 16.2. The van der Waals surface area contributed by atoms with Gasteiger partial charge in [0.1, 0.15) is 0 Å². The van der Waals surface area contributed by atoms with Gasteiger partial charge in [-0.1, -0.05) is 19.3 Å². The second kappa shape index (κ2) is 8.30. The normalized spacial score (nSPS) is 14.6. The fourth-order valence-electron chi connectivity index (χ4n) is 3.73. The Bertz CT molecular complexity index is 922. The molecule has 0 radical (unpaired) electrons. The van der Waals surface area contributed by atoms with Crippen LogP contribution in [0.5, 0.6) is 0 Å². The topological polar surface area (TPSA) is 59.0 Å². The Kier molecular flexibility index (Phi) is 5.42. The molecule has 28 heavy (non-hydrogen) atoms. The third-order valence-electron chi connectivity index (χ3n) is 5.32. The molecule has 3 aromatic rings. The van der Waals surface area contributed by atoms with Gasteiger partial charge in [-0.15, -0.1) is 0 Å². The van der Waals surface area contributed by atoms with Crippen molar-refractivity contribution in [2.24, 2.45) is 0 Å². The lowest BCUT2D eigenvalue weighted by molar-refractivity contribution is 0.102. The van der Waals surface area contributed by atoms with Crippen molar-refractivity contribution >= 4 is 17.3 Å². The molecule has 0 saturated heterocycles. The highest BCUT2D eigenvalue weighted by atomic mass is 16.1. The molecule has 2 aromatic carbocycles. The van der Waals surface area contributed by atoms with Gasteiger partial charge in [-0.2, -0.15) is 5.10 Å². The molecule has 1 saturated carbocycles. The summed E-state index contributed by atoms with van der Waals surface area (Å²) >= 11 is 0. The Hall–Kier alpha value is -3.08. The van der Waals surface area contributed by atoms with E-state index in [1.165, 1.54) is 32.1 Å². The number of nitrogens with one attached hydrogen (secondary N) is 2. The summed E-state index contributed by atoms with van der Waals surface area (Å²) in [6.45, 7) is 2.00. The average Bonchev–Trinajstić information content (AvgIpc) is 3.16. The van der Waals surface area contributed by atoms with Crippen molar-refractivity contribution in [3.8, 4) is 5.69 Å². The average molecular weight is 374 g/mol. The Labute approximate surface area is 165 Å². The van der Waals surface area contributed by atoms with Crippen molar-refractivity contribution in [2.75, 3.05) is 10.6 Å². The third kappa shape index (κ3) is 4.25. The zero-order chi connectivity index (χ0) is 19.3. The zero-order valence-electron chi connectivity index (χ0n) is 16.2. The van der Waals surface area contributed by atoms with Crippen molar-refractivity contribution < 1.29 is 4.79 Å². The summed E-state index contributed by atoms with van der Waals surface area (Å²) in [5, 5.41) is 10.9. The number of aryl methyl sites for hydroxylation is 1. The molecule has 0 bridgehead atoms. The van der Waals surface area contributed by atoms with E-state index in [9.17, 15) is 4.79 Å². The van der Waals surface area contributed by atoms with Gasteiger partial charge < -0.3 is 10.6 Å². The number of hydrogen-bond acceptors (Lipinski definition) is 3. The maximum absolute atomic E-state index is 12.5. The van der Waals surface area contributed by atoms with Crippen LogP contribution in [0.2, 0.25) is 0 Å². The van der Waals surface area contributed by atoms with Gasteiger partial charge in [0.05, 0.1) is 5.69 Å². The minimum Gasteiger partial charge on any atom is -0.382 e. The number of rotatable bonds is 5. The first-order chi connectivity index (χ1) is 13.7. The number of carbonyl (C=O) groups excluding carboxylic acids is 1. The number of aromatic nitrogens is 2. The van der Waals surface area contributed by atoms with Gasteiger partial charge in [0.2, 0.25) is 0 Å².